The Morgan fingerprint density at radius 1 is 0.923 bits per heavy atom. The third-order valence-electron chi connectivity index (χ3n) is 8.47. The van der Waals surface area contributed by atoms with Gasteiger partial charge in [-0.05, 0) is 86.2 Å². The normalized spacial score (nSPS) is 20.7. The highest BCUT2D eigenvalue weighted by Gasteiger charge is 2.44. The quantitative estimate of drug-likeness (QED) is 0.185. The summed E-state index contributed by atoms with van der Waals surface area (Å²) >= 11 is 4.14. The van der Waals surface area contributed by atoms with E-state index in [0.29, 0.717) is 28.2 Å². The van der Waals surface area contributed by atoms with Gasteiger partial charge in [0.15, 0.2) is 18.2 Å². The summed E-state index contributed by atoms with van der Waals surface area (Å²) in [6.45, 7) is 17.6. The van der Waals surface area contributed by atoms with Crippen LogP contribution >= 0.6 is 23.5 Å². The molecule has 0 saturated carbocycles. The number of ether oxygens (including phenoxy) is 2. The van der Waals surface area contributed by atoms with Crippen LogP contribution in [0.1, 0.15) is 67.2 Å². The maximum atomic E-state index is 13.2. The summed E-state index contributed by atoms with van der Waals surface area (Å²) in [7, 11) is -1.98. The number of benzene rings is 1. The summed E-state index contributed by atoms with van der Waals surface area (Å²) in [6, 6.07) is 8.78. The Labute approximate surface area is 249 Å². The maximum absolute atomic E-state index is 13.2. The molecular weight excluding hydrogens is 565 g/mol. The van der Waals surface area contributed by atoms with E-state index in [1.807, 2.05) is 13.0 Å². The summed E-state index contributed by atoms with van der Waals surface area (Å²) in [5.74, 6) is 3.08. The van der Waals surface area contributed by atoms with Gasteiger partial charge in [0.05, 0.1) is 33.0 Å². The molecule has 0 spiro atoms. The van der Waals surface area contributed by atoms with E-state index < -0.39 is 23.4 Å². The van der Waals surface area contributed by atoms with Crippen LogP contribution in [-0.2, 0) is 23.7 Å². The van der Waals surface area contributed by atoms with Crippen molar-refractivity contribution in [2.75, 3.05) is 25.7 Å². The van der Waals surface area contributed by atoms with Crippen molar-refractivity contribution < 1.29 is 22.3 Å². The van der Waals surface area contributed by atoms with Crippen LogP contribution in [0.3, 0.4) is 0 Å². The molecule has 1 heterocycles. The molecule has 5 nitrogen and oxygen atoms in total. The van der Waals surface area contributed by atoms with E-state index in [2.05, 4.69) is 71.2 Å². The summed E-state index contributed by atoms with van der Waals surface area (Å²) in [5, 5.41) is -0.433. The second kappa shape index (κ2) is 15.4. The highest BCUT2D eigenvalue weighted by Crippen LogP contribution is 2.41. The highest BCUT2D eigenvalue weighted by atomic mass is 32.2. The number of sulfone groups is 1. The lowest BCUT2D eigenvalue weighted by Gasteiger charge is -2.44. The van der Waals surface area contributed by atoms with Gasteiger partial charge in [0.1, 0.15) is 0 Å². The standard InChI is InChI=1S/C30H54O5S3Si/c1-22(19-24(3)38(31,32)25-15-12-11-13-16-25)20-26(33-7)28(35-39(9,10)30(4,5)6)27(34-8)21-23(2)29-36-17-14-18-37-29/h11-13,15-16,22-24,26-29H,14,17-21H2,1-10H3/t22-,23+,24?,26-,27-,28+/m0/s1. The first kappa shape index (κ1) is 35.2. The lowest BCUT2D eigenvalue weighted by atomic mass is 9.91. The molecule has 1 aromatic rings. The topological polar surface area (TPSA) is 61.8 Å². The van der Waals surface area contributed by atoms with Gasteiger partial charge in [0, 0.05) is 14.2 Å². The smallest absolute Gasteiger partial charge is 0.192 e. The second-order valence-electron chi connectivity index (χ2n) is 12.8. The van der Waals surface area contributed by atoms with Crippen LogP contribution in [0.4, 0.5) is 0 Å². The number of thioether (sulfide) groups is 2. The van der Waals surface area contributed by atoms with Crippen LogP contribution < -0.4 is 0 Å². The average Bonchev–Trinajstić information content (AvgIpc) is 2.89. The molecule has 1 fully saturated rings. The summed E-state index contributed by atoms with van der Waals surface area (Å²) in [5.41, 5.74) is 0. The Morgan fingerprint density at radius 2 is 1.46 bits per heavy atom. The number of methoxy groups -OCH3 is 2. The molecule has 0 bridgehead atoms. The lowest BCUT2D eigenvalue weighted by molar-refractivity contribution is -0.0936. The van der Waals surface area contributed by atoms with E-state index in [1.54, 1.807) is 38.5 Å². The first-order valence-electron chi connectivity index (χ1n) is 14.4. The molecule has 2 rings (SSSR count). The minimum atomic E-state index is -3.39. The van der Waals surface area contributed by atoms with Crippen LogP contribution in [0, 0.1) is 11.8 Å². The number of hydrogen-bond donors (Lipinski definition) is 0. The fourth-order valence-electron chi connectivity index (χ4n) is 4.98. The van der Waals surface area contributed by atoms with Gasteiger partial charge in [0.25, 0.3) is 0 Å². The van der Waals surface area contributed by atoms with Gasteiger partial charge in [-0.25, -0.2) is 8.42 Å². The van der Waals surface area contributed by atoms with Crippen molar-refractivity contribution in [3.05, 3.63) is 30.3 Å². The van der Waals surface area contributed by atoms with Crippen molar-refractivity contribution in [1.29, 1.82) is 0 Å². The van der Waals surface area contributed by atoms with Crippen molar-refractivity contribution in [3.63, 3.8) is 0 Å². The Balaban J connectivity index is 2.24. The van der Waals surface area contributed by atoms with Crippen LogP contribution in [-0.4, -0.2) is 70.6 Å². The van der Waals surface area contributed by atoms with E-state index in [9.17, 15) is 8.42 Å². The largest absolute Gasteiger partial charge is 0.409 e. The maximum Gasteiger partial charge on any atom is 0.192 e. The van der Waals surface area contributed by atoms with Crippen molar-refractivity contribution in [2.24, 2.45) is 11.8 Å². The molecule has 6 atom stereocenters. The Kier molecular flexibility index (Phi) is 13.9. The zero-order valence-electron chi connectivity index (χ0n) is 25.9. The molecule has 1 aliphatic rings. The molecule has 1 aromatic carbocycles. The van der Waals surface area contributed by atoms with Crippen LogP contribution in [0.5, 0.6) is 0 Å². The van der Waals surface area contributed by atoms with Gasteiger partial charge in [-0.15, -0.1) is 23.5 Å². The third kappa shape index (κ3) is 10.0. The SMILES string of the molecule is CO[C@@H](C[C@@H](C)CC(C)S(=O)(=O)c1ccccc1)[C@@H](O[Si](C)(C)C(C)(C)C)[C@H](C[C@@H](C)C1SCCCS1)OC. The van der Waals surface area contributed by atoms with Crippen LogP contribution in [0.2, 0.25) is 18.1 Å². The molecule has 0 aromatic heterocycles. The van der Waals surface area contributed by atoms with E-state index in [1.165, 1.54) is 17.9 Å². The lowest BCUT2D eigenvalue weighted by Crippen LogP contribution is -2.53. The van der Waals surface area contributed by atoms with Crippen molar-refractivity contribution in [2.45, 2.75) is 118 Å². The Bertz CT molecular complexity index is 945. The van der Waals surface area contributed by atoms with Crippen LogP contribution in [0.25, 0.3) is 0 Å². The predicted octanol–water partition coefficient (Wildman–Crippen LogP) is 7.91. The Morgan fingerprint density at radius 3 is 1.97 bits per heavy atom. The fraction of sp³-hybridized carbons (Fsp3) is 0.800. The first-order chi connectivity index (χ1) is 18.1. The summed E-state index contributed by atoms with van der Waals surface area (Å²) in [6.07, 6.45) is 2.97. The average molecular weight is 619 g/mol. The van der Waals surface area contributed by atoms with Crippen molar-refractivity contribution in [3.8, 4) is 0 Å². The van der Waals surface area contributed by atoms with Gasteiger partial charge >= 0.3 is 0 Å². The summed E-state index contributed by atoms with van der Waals surface area (Å²) in [4.78, 5) is 0.388. The summed E-state index contributed by atoms with van der Waals surface area (Å²) < 4.78 is 46.4. The van der Waals surface area contributed by atoms with E-state index in [0.717, 1.165) is 6.42 Å². The molecule has 0 aliphatic carbocycles. The number of rotatable bonds is 15. The molecule has 1 aliphatic heterocycles. The zero-order chi connectivity index (χ0) is 29.4. The van der Waals surface area contributed by atoms with Crippen LogP contribution in [0.15, 0.2) is 35.2 Å². The Hall–Kier alpha value is -0.0331. The molecule has 9 heteroatoms. The molecule has 1 saturated heterocycles. The van der Waals surface area contributed by atoms with Gasteiger partial charge in [-0.1, -0.05) is 52.8 Å². The van der Waals surface area contributed by atoms with Gasteiger partial charge in [-0.3, -0.25) is 0 Å². The van der Waals surface area contributed by atoms with Crippen molar-refractivity contribution in [1.82, 2.24) is 0 Å². The molecule has 39 heavy (non-hydrogen) atoms. The minimum Gasteiger partial charge on any atom is -0.409 e. The van der Waals surface area contributed by atoms with Gasteiger partial charge in [-0.2, -0.15) is 0 Å². The fourth-order valence-corrected chi connectivity index (χ4v) is 11.0. The molecule has 1 unspecified atom stereocenters. The first-order valence-corrected chi connectivity index (χ1v) is 20.9. The monoisotopic (exact) mass is 618 g/mol. The molecule has 0 amide bonds. The molecular formula is C30H54O5S3Si. The van der Waals surface area contributed by atoms with E-state index in [-0.39, 0.29) is 29.3 Å². The highest BCUT2D eigenvalue weighted by molar-refractivity contribution is 8.17. The van der Waals surface area contributed by atoms with Gasteiger partial charge < -0.3 is 13.9 Å². The van der Waals surface area contributed by atoms with Crippen molar-refractivity contribution >= 4 is 41.7 Å². The molecule has 226 valence electrons. The second-order valence-corrected chi connectivity index (χ2v) is 22.7. The van der Waals surface area contributed by atoms with E-state index in [4.69, 9.17) is 13.9 Å². The van der Waals surface area contributed by atoms with E-state index >= 15 is 0 Å². The number of hydrogen-bond acceptors (Lipinski definition) is 7. The molecule has 0 N–H and O–H groups in total. The third-order valence-corrected chi connectivity index (χ3v) is 18.6. The minimum absolute atomic E-state index is 0.0480. The molecule has 0 radical (unpaired) electrons. The van der Waals surface area contributed by atoms with Gasteiger partial charge in [0.2, 0.25) is 0 Å². The predicted molar refractivity (Wildman–Crippen MR) is 172 cm³/mol. The zero-order valence-corrected chi connectivity index (χ0v) is 29.4.